The van der Waals surface area contributed by atoms with Gasteiger partial charge in [0.15, 0.2) is 0 Å². The molecule has 1 aromatic carbocycles. The molecular formula is C13H14Cl2N4S. The first-order chi connectivity index (χ1) is 9.74. The molecule has 0 bridgehead atoms. The van der Waals surface area contributed by atoms with E-state index in [-0.39, 0.29) is 0 Å². The lowest BCUT2D eigenvalue weighted by Crippen LogP contribution is -2.08. The lowest BCUT2D eigenvalue weighted by Gasteiger charge is -2.10. The van der Waals surface area contributed by atoms with Crippen LogP contribution in [0.5, 0.6) is 0 Å². The largest absolute Gasteiger partial charge is 0.217 e. The fourth-order valence-electron chi connectivity index (χ4n) is 2.44. The highest BCUT2D eigenvalue weighted by Crippen LogP contribution is 2.32. The maximum atomic E-state index is 6.02. The first-order valence-corrected chi connectivity index (χ1v) is 8.33. The van der Waals surface area contributed by atoms with E-state index in [1.54, 1.807) is 11.8 Å². The number of nitrogens with zero attached hydrogens (tertiary/aromatic N) is 4. The average molecular weight is 329 g/mol. The molecule has 0 amide bonds. The Morgan fingerprint density at radius 3 is 2.75 bits per heavy atom. The van der Waals surface area contributed by atoms with E-state index in [0.29, 0.717) is 16.1 Å². The molecule has 1 fully saturated rings. The van der Waals surface area contributed by atoms with Crippen molar-refractivity contribution >= 4 is 35.0 Å². The smallest absolute Gasteiger partial charge is 0.209 e. The van der Waals surface area contributed by atoms with Gasteiger partial charge in [0.2, 0.25) is 5.16 Å². The Morgan fingerprint density at radius 1 is 1.20 bits per heavy atom. The number of benzene rings is 1. The molecule has 4 nitrogen and oxygen atoms in total. The average Bonchev–Trinajstić information content (AvgIpc) is 3.09. The van der Waals surface area contributed by atoms with Gasteiger partial charge in [0, 0.05) is 5.75 Å². The fraction of sp³-hybridized carbons (Fsp3) is 0.462. The summed E-state index contributed by atoms with van der Waals surface area (Å²) in [7, 11) is 0. The number of halogens is 2. The minimum atomic E-state index is 0.460. The zero-order valence-corrected chi connectivity index (χ0v) is 13.1. The maximum absolute atomic E-state index is 6.02. The van der Waals surface area contributed by atoms with Crippen molar-refractivity contribution in [2.75, 3.05) is 0 Å². The van der Waals surface area contributed by atoms with Crippen LogP contribution >= 0.6 is 35.0 Å². The van der Waals surface area contributed by atoms with Crippen LogP contribution in [0.25, 0.3) is 0 Å². The van der Waals surface area contributed by atoms with Crippen LogP contribution in [0.15, 0.2) is 23.4 Å². The Hall–Kier alpha value is -0.780. The quantitative estimate of drug-likeness (QED) is 0.781. The molecule has 106 valence electrons. The van der Waals surface area contributed by atoms with Crippen LogP contribution in [0.2, 0.25) is 10.0 Å². The molecule has 3 rings (SSSR count). The second kappa shape index (κ2) is 6.33. The lowest BCUT2D eigenvalue weighted by molar-refractivity contribution is 0.423. The van der Waals surface area contributed by atoms with Crippen molar-refractivity contribution in [3.8, 4) is 0 Å². The van der Waals surface area contributed by atoms with Crippen molar-refractivity contribution < 1.29 is 0 Å². The number of rotatable bonds is 4. The van der Waals surface area contributed by atoms with Crippen molar-refractivity contribution in [1.29, 1.82) is 0 Å². The molecule has 1 saturated carbocycles. The van der Waals surface area contributed by atoms with Crippen LogP contribution in [0, 0.1) is 0 Å². The van der Waals surface area contributed by atoms with Crippen molar-refractivity contribution in [2.24, 2.45) is 0 Å². The van der Waals surface area contributed by atoms with E-state index in [2.05, 4.69) is 15.5 Å². The van der Waals surface area contributed by atoms with Crippen LogP contribution in [-0.4, -0.2) is 20.2 Å². The molecule has 2 aromatic rings. The lowest BCUT2D eigenvalue weighted by atomic mass is 10.2. The molecule has 1 aliphatic rings. The first-order valence-electron chi connectivity index (χ1n) is 6.58. The number of aromatic nitrogens is 4. The zero-order valence-electron chi connectivity index (χ0n) is 10.8. The van der Waals surface area contributed by atoms with Gasteiger partial charge in [-0.1, -0.05) is 53.9 Å². The van der Waals surface area contributed by atoms with E-state index in [1.807, 2.05) is 22.9 Å². The molecule has 20 heavy (non-hydrogen) atoms. The predicted molar refractivity (Wildman–Crippen MR) is 81.3 cm³/mol. The van der Waals surface area contributed by atoms with E-state index in [4.69, 9.17) is 23.2 Å². The third kappa shape index (κ3) is 3.10. The monoisotopic (exact) mass is 328 g/mol. The van der Waals surface area contributed by atoms with Crippen molar-refractivity contribution in [1.82, 2.24) is 20.2 Å². The standard InChI is InChI=1S/C13H14Cl2N4S/c14-11-6-5-9(7-12(11)15)8-20-13-16-17-18-19(13)10-3-1-2-4-10/h5-7,10H,1-4,8H2. The second-order valence-corrected chi connectivity index (χ2v) is 6.64. The number of tetrazole rings is 1. The Balaban J connectivity index is 1.69. The molecule has 7 heteroatoms. The Bertz CT molecular complexity index is 596. The molecule has 0 N–H and O–H groups in total. The van der Waals surface area contributed by atoms with Gasteiger partial charge in [0.25, 0.3) is 0 Å². The van der Waals surface area contributed by atoms with Crippen molar-refractivity contribution in [3.63, 3.8) is 0 Å². The topological polar surface area (TPSA) is 43.6 Å². The zero-order chi connectivity index (χ0) is 13.9. The van der Waals surface area contributed by atoms with Gasteiger partial charge in [-0.25, -0.2) is 4.68 Å². The van der Waals surface area contributed by atoms with Crippen LogP contribution in [-0.2, 0) is 5.75 Å². The molecule has 0 spiro atoms. The van der Waals surface area contributed by atoms with E-state index >= 15 is 0 Å². The minimum absolute atomic E-state index is 0.460. The summed E-state index contributed by atoms with van der Waals surface area (Å²) in [6, 6.07) is 6.15. The predicted octanol–water partition coefficient (Wildman–Crippen LogP) is 4.39. The summed E-state index contributed by atoms with van der Waals surface area (Å²) in [6.45, 7) is 0. The van der Waals surface area contributed by atoms with Gasteiger partial charge in [-0.2, -0.15) is 0 Å². The molecule has 0 aliphatic heterocycles. The third-order valence-electron chi connectivity index (χ3n) is 3.49. The van der Waals surface area contributed by atoms with E-state index in [0.717, 1.165) is 16.5 Å². The molecule has 1 heterocycles. The van der Waals surface area contributed by atoms with Crippen molar-refractivity contribution in [2.45, 2.75) is 42.6 Å². The summed E-state index contributed by atoms with van der Waals surface area (Å²) < 4.78 is 1.97. The number of hydrogen-bond donors (Lipinski definition) is 0. The van der Waals surface area contributed by atoms with E-state index in [9.17, 15) is 0 Å². The Labute approximate surface area is 131 Å². The summed E-state index contributed by atoms with van der Waals surface area (Å²) in [4.78, 5) is 0. The first kappa shape index (κ1) is 14.2. The third-order valence-corrected chi connectivity index (χ3v) is 5.23. The Morgan fingerprint density at radius 2 is 2.00 bits per heavy atom. The maximum Gasteiger partial charge on any atom is 0.209 e. The normalized spacial score (nSPS) is 15.9. The van der Waals surface area contributed by atoms with E-state index in [1.165, 1.54) is 25.7 Å². The molecule has 0 unspecified atom stereocenters. The van der Waals surface area contributed by atoms with E-state index < -0.39 is 0 Å². The molecule has 1 aliphatic carbocycles. The summed E-state index contributed by atoms with van der Waals surface area (Å²) in [5.74, 6) is 0.782. The molecular weight excluding hydrogens is 315 g/mol. The number of thioether (sulfide) groups is 1. The van der Waals surface area contributed by atoms with Gasteiger partial charge in [-0.05, 0) is 41.0 Å². The highest BCUT2D eigenvalue weighted by Gasteiger charge is 2.21. The summed E-state index contributed by atoms with van der Waals surface area (Å²) in [6.07, 6.45) is 4.87. The fourth-order valence-corrected chi connectivity index (χ4v) is 3.64. The van der Waals surface area contributed by atoms with Gasteiger partial charge in [-0.15, -0.1) is 5.10 Å². The van der Waals surface area contributed by atoms with Gasteiger partial charge in [0.1, 0.15) is 0 Å². The van der Waals surface area contributed by atoms with Gasteiger partial charge in [0.05, 0.1) is 16.1 Å². The van der Waals surface area contributed by atoms with Crippen LogP contribution in [0.1, 0.15) is 37.3 Å². The summed E-state index contributed by atoms with van der Waals surface area (Å²) in [5.41, 5.74) is 1.12. The summed E-state index contributed by atoms with van der Waals surface area (Å²) in [5, 5.41) is 14.1. The second-order valence-electron chi connectivity index (χ2n) is 4.88. The highest BCUT2D eigenvalue weighted by molar-refractivity contribution is 7.98. The molecule has 0 radical (unpaired) electrons. The molecule has 0 saturated heterocycles. The van der Waals surface area contributed by atoms with Gasteiger partial charge < -0.3 is 0 Å². The van der Waals surface area contributed by atoms with Crippen LogP contribution < -0.4 is 0 Å². The Kier molecular flexibility index (Phi) is 4.48. The van der Waals surface area contributed by atoms with Gasteiger partial charge >= 0.3 is 0 Å². The van der Waals surface area contributed by atoms with Crippen LogP contribution in [0.3, 0.4) is 0 Å². The van der Waals surface area contributed by atoms with Crippen molar-refractivity contribution in [3.05, 3.63) is 33.8 Å². The van der Waals surface area contributed by atoms with Gasteiger partial charge in [-0.3, -0.25) is 0 Å². The molecule has 0 atom stereocenters. The molecule has 1 aromatic heterocycles. The highest BCUT2D eigenvalue weighted by atomic mass is 35.5. The number of hydrogen-bond acceptors (Lipinski definition) is 4. The van der Waals surface area contributed by atoms with Crippen LogP contribution in [0.4, 0.5) is 0 Å². The SMILES string of the molecule is Clc1ccc(CSc2nnnn2C2CCCC2)cc1Cl. The summed E-state index contributed by atoms with van der Waals surface area (Å²) >= 11 is 13.6. The minimum Gasteiger partial charge on any atom is -0.217 e.